The molecule has 3 rings (SSSR count). The number of carboxylic acids is 1. The van der Waals surface area contributed by atoms with Gasteiger partial charge in [-0.25, -0.2) is 0 Å². The predicted octanol–water partition coefficient (Wildman–Crippen LogP) is 1.85. The van der Waals surface area contributed by atoms with Gasteiger partial charge in [-0.2, -0.15) is 0 Å². The van der Waals surface area contributed by atoms with Crippen LogP contribution in [-0.4, -0.2) is 22.9 Å². The average Bonchev–Trinajstić information content (AvgIpc) is 3.13. The van der Waals surface area contributed by atoms with E-state index in [0.717, 1.165) is 19.3 Å². The molecule has 7 heteroatoms. The summed E-state index contributed by atoms with van der Waals surface area (Å²) in [4.78, 5) is 35.7. The maximum Gasteiger partial charge on any atom is 0.307 e. The summed E-state index contributed by atoms with van der Waals surface area (Å²) >= 11 is 5.75. The molecule has 0 unspecified atom stereocenters. The number of amides is 2. The highest BCUT2D eigenvalue weighted by atomic mass is 35.5. The summed E-state index contributed by atoms with van der Waals surface area (Å²) in [5, 5.41) is 9.87. The third kappa shape index (κ3) is 3.03. The molecule has 2 bridgehead atoms. The van der Waals surface area contributed by atoms with Crippen LogP contribution in [0.15, 0.2) is 24.3 Å². The lowest BCUT2D eigenvalue weighted by molar-refractivity contribution is -0.149. The minimum Gasteiger partial charge on any atom is -0.481 e. The van der Waals surface area contributed by atoms with Crippen molar-refractivity contribution >= 4 is 29.4 Å². The van der Waals surface area contributed by atoms with Crippen LogP contribution >= 0.6 is 11.6 Å². The largest absolute Gasteiger partial charge is 0.481 e. The first-order valence-corrected chi connectivity index (χ1v) is 7.93. The molecule has 0 saturated heterocycles. The normalized spacial score (nSPS) is 28.4. The lowest BCUT2D eigenvalue weighted by atomic mass is 9.79. The topological polar surface area (TPSA) is 95.5 Å². The standard InChI is InChI=1S/C16H17ClN2O4/c17-11-5-3-8(4-6-11)14(20)18-19-15(21)12-9-1-2-10(7-9)13(12)16(22)23/h3-6,9-10,12-13H,1-2,7H2,(H,18,20)(H,19,21)(H,22,23)/t9-,10-,12-,13+/m0/s1. The van der Waals surface area contributed by atoms with Gasteiger partial charge < -0.3 is 5.11 Å². The van der Waals surface area contributed by atoms with Gasteiger partial charge in [0.25, 0.3) is 5.91 Å². The van der Waals surface area contributed by atoms with Gasteiger partial charge in [-0.1, -0.05) is 11.6 Å². The van der Waals surface area contributed by atoms with E-state index in [9.17, 15) is 19.5 Å². The quantitative estimate of drug-likeness (QED) is 0.734. The Morgan fingerprint density at radius 2 is 1.61 bits per heavy atom. The van der Waals surface area contributed by atoms with Gasteiger partial charge in [0, 0.05) is 10.6 Å². The minimum absolute atomic E-state index is 0.0696. The summed E-state index contributed by atoms with van der Waals surface area (Å²) in [5.41, 5.74) is 5.07. The Morgan fingerprint density at radius 1 is 1.00 bits per heavy atom. The fourth-order valence-electron chi connectivity index (χ4n) is 3.90. The summed E-state index contributed by atoms with van der Waals surface area (Å²) in [6.45, 7) is 0. The molecule has 0 aliphatic heterocycles. The van der Waals surface area contributed by atoms with E-state index in [-0.39, 0.29) is 11.8 Å². The average molecular weight is 337 g/mol. The first-order chi connectivity index (χ1) is 11.0. The molecule has 2 aliphatic carbocycles. The number of benzene rings is 1. The van der Waals surface area contributed by atoms with E-state index < -0.39 is 29.6 Å². The number of hydrogen-bond donors (Lipinski definition) is 3. The highest BCUT2D eigenvalue weighted by molar-refractivity contribution is 6.30. The molecule has 2 aliphatic rings. The van der Waals surface area contributed by atoms with Crippen molar-refractivity contribution in [3.8, 4) is 0 Å². The maximum absolute atomic E-state index is 12.3. The van der Waals surface area contributed by atoms with E-state index in [0.29, 0.717) is 10.6 Å². The molecule has 122 valence electrons. The highest BCUT2D eigenvalue weighted by Gasteiger charge is 2.54. The van der Waals surface area contributed by atoms with Gasteiger partial charge in [0.15, 0.2) is 0 Å². The molecule has 3 N–H and O–H groups in total. The van der Waals surface area contributed by atoms with Crippen LogP contribution in [0.4, 0.5) is 0 Å². The maximum atomic E-state index is 12.3. The van der Waals surface area contributed by atoms with Gasteiger partial charge in [0.05, 0.1) is 11.8 Å². The van der Waals surface area contributed by atoms with Crippen molar-refractivity contribution in [2.24, 2.45) is 23.7 Å². The molecular weight excluding hydrogens is 320 g/mol. The van der Waals surface area contributed by atoms with Crippen molar-refractivity contribution in [3.63, 3.8) is 0 Å². The van der Waals surface area contributed by atoms with Crippen molar-refractivity contribution < 1.29 is 19.5 Å². The highest BCUT2D eigenvalue weighted by Crippen LogP contribution is 2.52. The number of carbonyl (C=O) groups excluding carboxylic acids is 2. The van der Waals surface area contributed by atoms with Gasteiger partial charge in [-0.3, -0.25) is 25.2 Å². The number of hydrogen-bond acceptors (Lipinski definition) is 3. The number of hydrazine groups is 1. The number of carbonyl (C=O) groups is 3. The molecule has 0 spiro atoms. The van der Waals surface area contributed by atoms with Gasteiger partial charge >= 0.3 is 5.97 Å². The third-order valence-corrected chi connectivity index (χ3v) is 5.16. The third-order valence-electron chi connectivity index (χ3n) is 4.91. The van der Waals surface area contributed by atoms with Crippen LogP contribution in [0.5, 0.6) is 0 Å². The van der Waals surface area contributed by atoms with E-state index in [1.807, 2.05) is 0 Å². The van der Waals surface area contributed by atoms with Crippen LogP contribution in [0, 0.1) is 23.7 Å². The van der Waals surface area contributed by atoms with Crippen LogP contribution in [0.1, 0.15) is 29.6 Å². The fraction of sp³-hybridized carbons (Fsp3) is 0.438. The van der Waals surface area contributed by atoms with E-state index in [1.165, 1.54) is 0 Å². The van der Waals surface area contributed by atoms with E-state index in [4.69, 9.17) is 11.6 Å². The molecule has 2 fully saturated rings. The van der Waals surface area contributed by atoms with Crippen LogP contribution in [0.3, 0.4) is 0 Å². The lowest BCUT2D eigenvalue weighted by Crippen LogP contribution is -2.48. The summed E-state index contributed by atoms with van der Waals surface area (Å²) in [7, 11) is 0. The SMILES string of the molecule is O=C(NNC(=O)[C@H]1[C@H]2CC[C@@H](C2)[C@H]1C(=O)O)c1ccc(Cl)cc1. The van der Waals surface area contributed by atoms with E-state index in [2.05, 4.69) is 10.9 Å². The second-order valence-electron chi connectivity index (χ2n) is 6.17. The number of nitrogens with one attached hydrogen (secondary N) is 2. The second-order valence-corrected chi connectivity index (χ2v) is 6.61. The Hall–Kier alpha value is -2.08. The molecule has 2 saturated carbocycles. The number of halogens is 1. The van der Waals surface area contributed by atoms with Crippen LogP contribution in [0.2, 0.25) is 5.02 Å². The van der Waals surface area contributed by atoms with Crippen molar-refractivity contribution in [2.75, 3.05) is 0 Å². The monoisotopic (exact) mass is 336 g/mol. The zero-order valence-corrected chi connectivity index (χ0v) is 13.0. The van der Waals surface area contributed by atoms with Gasteiger partial charge in [0.1, 0.15) is 0 Å². The van der Waals surface area contributed by atoms with E-state index in [1.54, 1.807) is 24.3 Å². The molecule has 6 nitrogen and oxygen atoms in total. The smallest absolute Gasteiger partial charge is 0.307 e. The summed E-state index contributed by atoms with van der Waals surface area (Å²) in [5.74, 6) is -2.88. The molecule has 4 atom stereocenters. The first kappa shape index (κ1) is 15.8. The van der Waals surface area contributed by atoms with Gasteiger partial charge in [0.2, 0.25) is 5.91 Å². The second kappa shape index (κ2) is 6.20. The first-order valence-electron chi connectivity index (χ1n) is 7.56. The molecule has 23 heavy (non-hydrogen) atoms. The number of carboxylic acid groups (broad SMARTS) is 1. The number of rotatable bonds is 3. The number of fused-ring (bicyclic) bond motifs is 2. The zero-order valence-electron chi connectivity index (χ0n) is 12.3. The Balaban J connectivity index is 1.62. The van der Waals surface area contributed by atoms with Crippen molar-refractivity contribution in [3.05, 3.63) is 34.9 Å². The van der Waals surface area contributed by atoms with Gasteiger partial charge in [-0.15, -0.1) is 0 Å². The molecule has 2 amide bonds. The minimum atomic E-state index is -0.929. The summed E-state index contributed by atoms with van der Waals surface area (Å²) in [6.07, 6.45) is 2.51. The lowest BCUT2D eigenvalue weighted by Gasteiger charge is -2.26. The van der Waals surface area contributed by atoms with Crippen LogP contribution in [0.25, 0.3) is 0 Å². The molecular formula is C16H17ClN2O4. The molecule has 0 radical (unpaired) electrons. The summed E-state index contributed by atoms with van der Waals surface area (Å²) < 4.78 is 0. The Bertz CT molecular complexity index is 646. The van der Waals surface area contributed by atoms with Crippen molar-refractivity contribution in [1.29, 1.82) is 0 Å². The predicted molar refractivity (Wildman–Crippen MR) is 82.5 cm³/mol. The Kier molecular flexibility index (Phi) is 4.26. The van der Waals surface area contributed by atoms with Crippen LogP contribution in [-0.2, 0) is 9.59 Å². The van der Waals surface area contributed by atoms with Gasteiger partial charge in [-0.05, 0) is 55.4 Å². The molecule has 1 aromatic rings. The molecule has 0 heterocycles. The zero-order chi connectivity index (χ0) is 16.6. The molecule has 1 aromatic carbocycles. The van der Waals surface area contributed by atoms with Crippen molar-refractivity contribution in [2.45, 2.75) is 19.3 Å². The number of aliphatic carboxylic acids is 1. The van der Waals surface area contributed by atoms with E-state index >= 15 is 0 Å². The summed E-state index contributed by atoms with van der Waals surface area (Å²) in [6, 6.07) is 6.24. The Morgan fingerprint density at radius 3 is 2.22 bits per heavy atom. The van der Waals surface area contributed by atoms with Crippen LogP contribution < -0.4 is 10.9 Å². The van der Waals surface area contributed by atoms with Crippen molar-refractivity contribution in [1.82, 2.24) is 10.9 Å². The molecule has 0 aromatic heterocycles. The fourth-order valence-corrected chi connectivity index (χ4v) is 4.03. The Labute approximate surface area is 138 Å².